The van der Waals surface area contributed by atoms with E-state index in [4.69, 9.17) is 14.2 Å². The van der Waals surface area contributed by atoms with Gasteiger partial charge in [0, 0.05) is 18.7 Å². The summed E-state index contributed by atoms with van der Waals surface area (Å²) in [6.07, 6.45) is -4.59. The van der Waals surface area contributed by atoms with Crippen LogP contribution in [0.1, 0.15) is 40.0 Å². The summed E-state index contributed by atoms with van der Waals surface area (Å²) in [5.41, 5.74) is 1.15. The zero-order chi connectivity index (χ0) is 26.5. The first-order valence-electron chi connectivity index (χ1n) is 11.2. The topological polar surface area (TPSA) is 77.0 Å². The summed E-state index contributed by atoms with van der Waals surface area (Å²) >= 11 is 0. The molecule has 0 aliphatic carbocycles. The van der Waals surface area contributed by atoms with Crippen molar-refractivity contribution < 1.29 is 37.3 Å². The van der Waals surface area contributed by atoms with Crippen LogP contribution >= 0.6 is 0 Å². The number of ether oxygens (including phenoxy) is 3. The van der Waals surface area contributed by atoms with E-state index in [1.54, 1.807) is 39.3 Å². The Labute approximate surface area is 207 Å². The smallest absolute Gasteiger partial charge is 0.416 e. The van der Waals surface area contributed by atoms with Gasteiger partial charge < -0.3 is 24.6 Å². The highest BCUT2D eigenvalue weighted by molar-refractivity contribution is 5.91. The second kappa shape index (κ2) is 11.3. The number of methoxy groups -OCH3 is 2. The van der Waals surface area contributed by atoms with Crippen molar-refractivity contribution in [2.75, 3.05) is 27.4 Å². The van der Waals surface area contributed by atoms with E-state index in [0.717, 1.165) is 17.7 Å². The van der Waals surface area contributed by atoms with Gasteiger partial charge in [-0.3, -0.25) is 0 Å². The lowest BCUT2D eigenvalue weighted by Crippen LogP contribution is -2.24. The number of hydrogen-bond acceptors (Lipinski definition) is 5. The van der Waals surface area contributed by atoms with Crippen LogP contribution in [0.5, 0.6) is 17.2 Å². The first-order valence-corrected chi connectivity index (χ1v) is 11.2. The molecule has 0 saturated heterocycles. The number of carbonyl (C=O) groups is 1. The number of aryl methyl sites for hydroxylation is 1. The number of benzene rings is 3. The summed E-state index contributed by atoms with van der Waals surface area (Å²) < 4.78 is 56.9. The van der Waals surface area contributed by atoms with E-state index in [9.17, 15) is 23.1 Å². The van der Waals surface area contributed by atoms with Gasteiger partial charge in [0.25, 0.3) is 0 Å². The number of alkyl halides is 3. The summed E-state index contributed by atoms with van der Waals surface area (Å²) in [7, 11) is 3.12. The molecular weight excluding hydrogens is 475 g/mol. The Kier molecular flexibility index (Phi) is 8.47. The van der Waals surface area contributed by atoms with Crippen LogP contribution in [0.15, 0.2) is 54.6 Å². The third-order valence-corrected chi connectivity index (χ3v) is 5.73. The molecule has 2 N–H and O–H groups in total. The van der Waals surface area contributed by atoms with Gasteiger partial charge in [-0.05, 0) is 72.5 Å². The highest BCUT2D eigenvalue weighted by Gasteiger charge is 2.31. The maximum absolute atomic E-state index is 13.6. The molecule has 0 aromatic heterocycles. The van der Waals surface area contributed by atoms with Gasteiger partial charge in [0.05, 0.1) is 25.3 Å². The van der Waals surface area contributed by atoms with Crippen LogP contribution in [0.4, 0.5) is 13.2 Å². The van der Waals surface area contributed by atoms with Crippen LogP contribution < -0.4 is 19.5 Å². The second-order valence-electron chi connectivity index (χ2n) is 8.25. The van der Waals surface area contributed by atoms with Crippen molar-refractivity contribution in [3.8, 4) is 28.4 Å². The summed E-state index contributed by atoms with van der Waals surface area (Å²) in [5.74, 6) is 0.183. The van der Waals surface area contributed by atoms with Crippen molar-refractivity contribution in [2.45, 2.75) is 26.1 Å². The van der Waals surface area contributed by atoms with E-state index in [2.05, 4.69) is 5.32 Å². The van der Waals surface area contributed by atoms with Gasteiger partial charge >= 0.3 is 12.1 Å². The lowest BCUT2D eigenvalue weighted by molar-refractivity contribution is -0.137. The Balaban J connectivity index is 1.75. The van der Waals surface area contributed by atoms with Crippen molar-refractivity contribution >= 4 is 5.97 Å². The van der Waals surface area contributed by atoms with Gasteiger partial charge in [0.15, 0.2) is 0 Å². The molecule has 0 saturated carbocycles. The Morgan fingerprint density at radius 3 is 2.19 bits per heavy atom. The SMILES string of the molecule is COc1cc(OC)cc([C@@H](C)NCCOc2cc(-c3ccc(C)c(C(=O)O)c3)cc(C(F)(F)F)c2)c1. The van der Waals surface area contributed by atoms with Crippen LogP contribution in [0.25, 0.3) is 11.1 Å². The molecule has 6 nitrogen and oxygen atoms in total. The number of carboxylic acids is 1. The predicted molar refractivity (Wildman–Crippen MR) is 130 cm³/mol. The van der Waals surface area contributed by atoms with Gasteiger partial charge in [-0.1, -0.05) is 12.1 Å². The van der Waals surface area contributed by atoms with E-state index in [-0.39, 0.29) is 29.5 Å². The zero-order valence-electron chi connectivity index (χ0n) is 20.4. The van der Waals surface area contributed by atoms with Gasteiger partial charge in [-0.25, -0.2) is 4.79 Å². The van der Waals surface area contributed by atoms with Crippen molar-refractivity contribution in [3.63, 3.8) is 0 Å². The maximum Gasteiger partial charge on any atom is 0.416 e. The maximum atomic E-state index is 13.6. The van der Waals surface area contributed by atoms with Crippen molar-refractivity contribution in [3.05, 3.63) is 76.9 Å². The molecule has 192 valence electrons. The highest BCUT2D eigenvalue weighted by Crippen LogP contribution is 2.36. The normalized spacial score (nSPS) is 12.2. The molecule has 0 amide bonds. The van der Waals surface area contributed by atoms with E-state index in [1.807, 2.05) is 19.1 Å². The number of halogens is 3. The molecule has 0 bridgehead atoms. The molecule has 0 unspecified atom stereocenters. The third-order valence-electron chi connectivity index (χ3n) is 5.73. The van der Waals surface area contributed by atoms with E-state index >= 15 is 0 Å². The molecule has 1 atom stereocenters. The van der Waals surface area contributed by atoms with Gasteiger partial charge in [-0.15, -0.1) is 0 Å². The Morgan fingerprint density at radius 2 is 1.61 bits per heavy atom. The number of carboxylic acid groups (broad SMARTS) is 1. The van der Waals surface area contributed by atoms with E-state index < -0.39 is 17.7 Å². The molecule has 9 heteroatoms. The number of hydrogen-bond donors (Lipinski definition) is 2. The average Bonchev–Trinajstić information content (AvgIpc) is 2.85. The third kappa shape index (κ3) is 6.69. The molecule has 3 aromatic rings. The molecule has 0 fully saturated rings. The first-order chi connectivity index (χ1) is 17.0. The minimum atomic E-state index is -4.59. The second-order valence-corrected chi connectivity index (χ2v) is 8.25. The Hall–Kier alpha value is -3.72. The molecule has 0 heterocycles. The fourth-order valence-corrected chi connectivity index (χ4v) is 3.69. The van der Waals surface area contributed by atoms with Gasteiger partial charge in [0.2, 0.25) is 0 Å². The number of aromatic carboxylic acids is 1. The van der Waals surface area contributed by atoms with Crippen LogP contribution in [0, 0.1) is 6.92 Å². The molecule has 0 aliphatic rings. The molecular formula is C27H28F3NO5. The van der Waals surface area contributed by atoms with Crippen LogP contribution in [0.2, 0.25) is 0 Å². The van der Waals surface area contributed by atoms with Crippen molar-refractivity contribution in [2.24, 2.45) is 0 Å². The largest absolute Gasteiger partial charge is 0.497 e. The van der Waals surface area contributed by atoms with Gasteiger partial charge in [-0.2, -0.15) is 13.2 Å². The summed E-state index contributed by atoms with van der Waals surface area (Å²) in [6.45, 7) is 4.04. The quantitative estimate of drug-likeness (QED) is 0.325. The van der Waals surface area contributed by atoms with Crippen LogP contribution in [0.3, 0.4) is 0 Å². The predicted octanol–water partition coefficient (Wildman–Crippen LogP) is 6.13. The van der Waals surface area contributed by atoms with Crippen LogP contribution in [-0.2, 0) is 6.18 Å². The molecule has 0 aliphatic heterocycles. The number of nitrogens with one attached hydrogen (secondary N) is 1. The fraction of sp³-hybridized carbons (Fsp3) is 0.296. The molecule has 0 spiro atoms. The summed E-state index contributed by atoms with van der Waals surface area (Å²) in [5, 5.41) is 12.6. The number of rotatable bonds is 10. The minimum absolute atomic E-state index is 0.0275. The summed E-state index contributed by atoms with van der Waals surface area (Å²) in [6, 6.07) is 13.3. The summed E-state index contributed by atoms with van der Waals surface area (Å²) in [4.78, 5) is 11.5. The van der Waals surface area contributed by atoms with Crippen LogP contribution in [-0.4, -0.2) is 38.4 Å². The lowest BCUT2D eigenvalue weighted by Gasteiger charge is -2.17. The molecule has 36 heavy (non-hydrogen) atoms. The first kappa shape index (κ1) is 26.9. The monoisotopic (exact) mass is 503 g/mol. The molecule has 3 aromatic carbocycles. The lowest BCUT2D eigenvalue weighted by atomic mass is 9.98. The fourth-order valence-electron chi connectivity index (χ4n) is 3.69. The average molecular weight is 504 g/mol. The van der Waals surface area contributed by atoms with Gasteiger partial charge in [0.1, 0.15) is 23.9 Å². The highest BCUT2D eigenvalue weighted by atomic mass is 19.4. The minimum Gasteiger partial charge on any atom is -0.497 e. The van der Waals surface area contributed by atoms with E-state index in [0.29, 0.717) is 29.2 Å². The molecule has 0 radical (unpaired) electrons. The molecule has 3 rings (SSSR count). The van der Waals surface area contributed by atoms with Crippen molar-refractivity contribution in [1.29, 1.82) is 0 Å². The van der Waals surface area contributed by atoms with Crippen molar-refractivity contribution in [1.82, 2.24) is 5.32 Å². The Bertz CT molecular complexity index is 1200. The Morgan fingerprint density at radius 1 is 0.944 bits per heavy atom. The zero-order valence-corrected chi connectivity index (χ0v) is 20.4. The standard InChI is InChI=1S/C27H28F3NO5/c1-16-5-6-18(13-25(16)26(32)33)20-9-21(27(28,29)30)14-24(12-20)36-8-7-31-17(2)19-10-22(34-3)15-23(11-19)35-4/h5-6,9-15,17,31H,7-8H2,1-4H3,(H,32,33)/t17-/m1/s1. The van der Waals surface area contributed by atoms with E-state index in [1.165, 1.54) is 12.1 Å².